The second-order valence-electron chi connectivity index (χ2n) is 7.16. The van der Waals surface area contributed by atoms with Crippen molar-refractivity contribution in [3.63, 3.8) is 0 Å². The number of hydrogen-bond acceptors (Lipinski definition) is 6. The lowest BCUT2D eigenvalue weighted by Gasteiger charge is -2.36. The van der Waals surface area contributed by atoms with Crippen molar-refractivity contribution >= 4 is 28.9 Å². The van der Waals surface area contributed by atoms with E-state index in [4.69, 9.17) is 37.4 Å². The second-order valence-corrected chi connectivity index (χ2v) is 7.95. The van der Waals surface area contributed by atoms with E-state index in [1.165, 1.54) is 0 Å². The number of aliphatic hydroxyl groups excluding tert-OH is 1. The quantitative estimate of drug-likeness (QED) is 0.642. The average molecular weight is 455 g/mol. The van der Waals surface area contributed by atoms with Gasteiger partial charge < -0.3 is 24.2 Å². The van der Waals surface area contributed by atoms with Crippen molar-refractivity contribution in [3.05, 3.63) is 45.9 Å². The topological polar surface area (TPSA) is 54.4 Å². The zero-order valence-corrected chi connectivity index (χ0v) is 19.0. The Morgan fingerprint density at radius 2 is 1.60 bits per heavy atom. The van der Waals surface area contributed by atoms with Crippen LogP contribution in [-0.2, 0) is 0 Å². The molecular formula is C22H28Cl2N2O4. The van der Waals surface area contributed by atoms with Gasteiger partial charge in [0.15, 0.2) is 11.5 Å². The Hall–Kier alpha value is -1.86. The summed E-state index contributed by atoms with van der Waals surface area (Å²) in [6.07, 6.45) is -0.0181. The molecule has 8 heteroatoms. The fourth-order valence-electron chi connectivity index (χ4n) is 3.71. The highest BCUT2D eigenvalue weighted by atomic mass is 35.5. The van der Waals surface area contributed by atoms with Crippen molar-refractivity contribution in [2.24, 2.45) is 0 Å². The first-order chi connectivity index (χ1) is 14.5. The maximum Gasteiger partial charge on any atom is 0.203 e. The average Bonchev–Trinajstić information content (AvgIpc) is 2.78. The number of halogens is 2. The van der Waals surface area contributed by atoms with Crippen LogP contribution in [0, 0.1) is 0 Å². The molecule has 1 fully saturated rings. The molecule has 2 aromatic carbocycles. The number of ether oxygens (including phenoxy) is 3. The monoisotopic (exact) mass is 454 g/mol. The molecule has 0 saturated carbocycles. The third-order valence-corrected chi connectivity index (χ3v) is 6.24. The Morgan fingerprint density at radius 3 is 2.17 bits per heavy atom. The number of piperazine rings is 1. The first kappa shape index (κ1) is 22.8. The van der Waals surface area contributed by atoms with Crippen molar-refractivity contribution in [1.82, 2.24) is 4.90 Å². The number of benzene rings is 2. The van der Waals surface area contributed by atoms with E-state index in [9.17, 15) is 5.11 Å². The van der Waals surface area contributed by atoms with Crippen molar-refractivity contribution in [2.45, 2.75) is 12.5 Å². The first-order valence-electron chi connectivity index (χ1n) is 9.87. The Balaban J connectivity index is 1.57. The number of hydrogen-bond donors (Lipinski definition) is 1. The van der Waals surface area contributed by atoms with Crippen LogP contribution in [0.2, 0.25) is 10.0 Å². The van der Waals surface area contributed by atoms with E-state index >= 15 is 0 Å². The third-order valence-electron chi connectivity index (χ3n) is 5.43. The van der Waals surface area contributed by atoms with Gasteiger partial charge in [-0.25, -0.2) is 0 Å². The molecule has 30 heavy (non-hydrogen) atoms. The van der Waals surface area contributed by atoms with Crippen molar-refractivity contribution in [1.29, 1.82) is 0 Å². The summed E-state index contributed by atoms with van der Waals surface area (Å²) < 4.78 is 16.1. The van der Waals surface area contributed by atoms with E-state index in [-0.39, 0.29) is 0 Å². The van der Waals surface area contributed by atoms with Crippen LogP contribution < -0.4 is 19.1 Å². The van der Waals surface area contributed by atoms with Gasteiger partial charge in [-0.15, -0.1) is 0 Å². The van der Waals surface area contributed by atoms with Gasteiger partial charge in [0.05, 0.1) is 43.2 Å². The van der Waals surface area contributed by atoms with Gasteiger partial charge in [-0.1, -0.05) is 29.3 Å². The summed E-state index contributed by atoms with van der Waals surface area (Å²) in [6, 6.07) is 9.31. The van der Waals surface area contributed by atoms with E-state index < -0.39 is 6.10 Å². The molecule has 0 spiro atoms. The molecule has 1 atom stereocenters. The fourth-order valence-corrected chi connectivity index (χ4v) is 4.13. The van der Waals surface area contributed by atoms with Gasteiger partial charge in [0.2, 0.25) is 5.75 Å². The van der Waals surface area contributed by atoms with E-state index in [2.05, 4.69) is 9.80 Å². The van der Waals surface area contributed by atoms with Crippen molar-refractivity contribution in [2.75, 3.05) is 59.0 Å². The lowest BCUT2D eigenvalue weighted by atomic mass is 10.0. The summed E-state index contributed by atoms with van der Waals surface area (Å²) in [5.41, 5.74) is 1.72. The van der Waals surface area contributed by atoms with Crippen LogP contribution in [0.15, 0.2) is 30.3 Å². The Morgan fingerprint density at radius 1 is 0.967 bits per heavy atom. The molecule has 1 unspecified atom stereocenters. The number of anilines is 1. The smallest absolute Gasteiger partial charge is 0.203 e. The molecule has 3 rings (SSSR count). The Labute approximate surface area is 187 Å². The normalized spacial score (nSPS) is 15.7. The van der Waals surface area contributed by atoms with E-state index in [1.807, 2.05) is 12.1 Å². The maximum atomic E-state index is 10.7. The summed E-state index contributed by atoms with van der Waals surface area (Å²) in [7, 11) is 4.70. The lowest BCUT2D eigenvalue weighted by molar-refractivity contribution is 0.139. The largest absolute Gasteiger partial charge is 0.493 e. The second kappa shape index (κ2) is 10.4. The molecule has 2 aromatic rings. The van der Waals surface area contributed by atoms with Gasteiger partial charge in [0, 0.05) is 32.7 Å². The maximum absolute atomic E-state index is 10.7. The summed E-state index contributed by atoms with van der Waals surface area (Å²) in [4.78, 5) is 4.59. The SMILES string of the molecule is COc1cc(C(O)CCN2CCN(c3cccc(Cl)c3Cl)CC2)cc(OC)c1OC. The molecule has 0 radical (unpaired) electrons. The molecule has 0 aliphatic carbocycles. The summed E-state index contributed by atoms with van der Waals surface area (Å²) in [5, 5.41) is 11.9. The van der Waals surface area contributed by atoms with Crippen LogP contribution in [0.5, 0.6) is 17.2 Å². The number of methoxy groups -OCH3 is 3. The number of aliphatic hydroxyl groups is 1. The zero-order valence-electron chi connectivity index (χ0n) is 17.5. The third kappa shape index (κ3) is 5.06. The minimum absolute atomic E-state index is 0.520. The summed E-state index contributed by atoms with van der Waals surface area (Å²) in [5.74, 6) is 1.60. The van der Waals surface area contributed by atoms with Crippen molar-refractivity contribution in [3.8, 4) is 17.2 Å². The summed E-state index contributed by atoms with van der Waals surface area (Å²) in [6.45, 7) is 4.30. The number of nitrogens with zero attached hydrogens (tertiary/aromatic N) is 2. The molecule has 1 aliphatic rings. The zero-order chi connectivity index (χ0) is 21.7. The molecule has 0 amide bonds. The molecule has 0 aromatic heterocycles. The molecule has 1 heterocycles. The molecule has 164 valence electrons. The standard InChI is InChI=1S/C22H28Cl2N2O4/c1-28-19-13-15(14-20(29-2)22(19)30-3)18(27)7-8-25-9-11-26(12-10-25)17-6-4-5-16(23)21(17)24/h4-6,13-14,18,27H,7-12H2,1-3H3. The van der Waals surface area contributed by atoms with Gasteiger partial charge in [-0.2, -0.15) is 0 Å². The molecule has 1 aliphatic heterocycles. The van der Waals surface area contributed by atoms with Crippen LogP contribution in [0.4, 0.5) is 5.69 Å². The molecule has 1 saturated heterocycles. The first-order valence-corrected chi connectivity index (χ1v) is 10.6. The highest BCUT2D eigenvalue weighted by molar-refractivity contribution is 6.43. The van der Waals surface area contributed by atoms with Gasteiger partial charge in [-0.3, -0.25) is 4.90 Å². The fraction of sp³-hybridized carbons (Fsp3) is 0.455. The van der Waals surface area contributed by atoms with Crippen LogP contribution in [0.3, 0.4) is 0 Å². The Kier molecular flexibility index (Phi) is 7.94. The van der Waals surface area contributed by atoms with E-state index in [0.717, 1.165) is 44.0 Å². The molecular weight excluding hydrogens is 427 g/mol. The van der Waals surface area contributed by atoms with E-state index in [1.54, 1.807) is 39.5 Å². The van der Waals surface area contributed by atoms with Crippen molar-refractivity contribution < 1.29 is 19.3 Å². The minimum Gasteiger partial charge on any atom is -0.493 e. The highest BCUT2D eigenvalue weighted by Crippen LogP contribution is 2.40. The van der Waals surface area contributed by atoms with Gasteiger partial charge in [-0.05, 0) is 36.2 Å². The predicted molar refractivity (Wildman–Crippen MR) is 121 cm³/mol. The van der Waals surface area contributed by atoms with Gasteiger partial charge >= 0.3 is 0 Å². The van der Waals surface area contributed by atoms with Crippen LogP contribution in [-0.4, -0.2) is 64.1 Å². The molecule has 1 N–H and O–H groups in total. The van der Waals surface area contributed by atoms with Crippen LogP contribution >= 0.6 is 23.2 Å². The lowest BCUT2D eigenvalue weighted by Crippen LogP contribution is -2.46. The van der Waals surface area contributed by atoms with Gasteiger partial charge in [0.1, 0.15) is 0 Å². The summed E-state index contributed by atoms with van der Waals surface area (Å²) >= 11 is 12.5. The van der Waals surface area contributed by atoms with Gasteiger partial charge in [0.25, 0.3) is 0 Å². The molecule has 6 nitrogen and oxygen atoms in total. The minimum atomic E-state index is -0.626. The van der Waals surface area contributed by atoms with Crippen LogP contribution in [0.25, 0.3) is 0 Å². The van der Waals surface area contributed by atoms with E-state index in [0.29, 0.717) is 33.7 Å². The number of rotatable bonds is 8. The van der Waals surface area contributed by atoms with Crippen LogP contribution in [0.1, 0.15) is 18.1 Å². The molecule has 0 bridgehead atoms. The highest BCUT2D eigenvalue weighted by Gasteiger charge is 2.22. The Bertz CT molecular complexity index is 832. The predicted octanol–water partition coefficient (Wildman–Crippen LogP) is 4.26.